The molecule has 29 heavy (non-hydrogen) atoms. The van der Waals surface area contributed by atoms with Gasteiger partial charge < -0.3 is 15.0 Å². The molecule has 2 heterocycles. The molecule has 1 saturated heterocycles. The van der Waals surface area contributed by atoms with Gasteiger partial charge in [-0.15, -0.1) is 0 Å². The number of aromatic nitrogens is 2. The van der Waals surface area contributed by atoms with Gasteiger partial charge in [0.05, 0.1) is 18.3 Å². The third-order valence-electron chi connectivity index (χ3n) is 4.32. The predicted molar refractivity (Wildman–Crippen MR) is 117 cm³/mol. The first-order valence-electron chi connectivity index (χ1n) is 9.20. The van der Waals surface area contributed by atoms with E-state index in [1.54, 1.807) is 24.5 Å². The molecular formula is C20H22N4O3S2. The van der Waals surface area contributed by atoms with Crippen molar-refractivity contribution in [2.24, 2.45) is 0 Å². The number of nitrogens with zero attached hydrogens (tertiary/aromatic N) is 2. The fraction of sp³-hybridized carbons (Fsp3) is 0.300. The van der Waals surface area contributed by atoms with Crippen LogP contribution in [0.1, 0.15) is 24.1 Å². The molecule has 0 saturated carbocycles. The van der Waals surface area contributed by atoms with Gasteiger partial charge in [-0.25, -0.2) is 4.98 Å². The standard InChI is InChI=1S/C20H22N4O3S2/c1-27-16-5-2-4-14(10-16)11-17-19(26)24(20(28)29-17)9-3-6-18(25)22-8-7-15-12-21-13-23-15/h2,4-5,10-13H,3,6-9H2,1H3,(H,21,23)(H,22,25). The van der Waals surface area contributed by atoms with E-state index >= 15 is 0 Å². The van der Waals surface area contributed by atoms with E-state index in [2.05, 4.69) is 15.3 Å². The number of ether oxygens (including phenoxy) is 1. The van der Waals surface area contributed by atoms with Crippen molar-refractivity contribution in [2.45, 2.75) is 19.3 Å². The number of hydrogen-bond acceptors (Lipinski definition) is 6. The Morgan fingerprint density at radius 1 is 1.45 bits per heavy atom. The van der Waals surface area contributed by atoms with Crippen LogP contribution in [-0.4, -0.2) is 51.2 Å². The molecule has 9 heteroatoms. The van der Waals surface area contributed by atoms with Crippen LogP contribution < -0.4 is 10.1 Å². The maximum absolute atomic E-state index is 12.7. The molecule has 0 radical (unpaired) electrons. The molecule has 2 amide bonds. The summed E-state index contributed by atoms with van der Waals surface area (Å²) in [4.78, 5) is 33.7. The van der Waals surface area contributed by atoms with Crippen molar-refractivity contribution in [3.8, 4) is 5.75 Å². The van der Waals surface area contributed by atoms with Gasteiger partial charge in [-0.05, 0) is 30.2 Å². The van der Waals surface area contributed by atoms with E-state index in [-0.39, 0.29) is 11.8 Å². The molecule has 0 aliphatic carbocycles. The normalized spacial score (nSPS) is 15.2. The summed E-state index contributed by atoms with van der Waals surface area (Å²) in [5, 5.41) is 2.87. The van der Waals surface area contributed by atoms with Crippen molar-refractivity contribution in [2.75, 3.05) is 20.2 Å². The van der Waals surface area contributed by atoms with Crippen molar-refractivity contribution in [3.63, 3.8) is 0 Å². The topological polar surface area (TPSA) is 87.3 Å². The number of amides is 2. The molecule has 1 aromatic carbocycles. The largest absolute Gasteiger partial charge is 0.497 e. The van der Waals surface area contributed by atoms with Gasteiger partial charge in [0, 0.05) is 37.8 Å². The average Bonchev–Trinajstić information content (AvgIpc) is 3.32. The smallest absolute Gasteiger partial charge is 0.266 e. The molecule has 2 N–H and O–H groups in total. The number of thiocarbonyl (C=S) groups is 1. The van der Waals surface area contributed by atoms with Gasteiger partial charge >= 0.3 is 0 Å². The number of rotatable bonds is 9. The number of aromatic amines is 1. The van der Waals surface area contributed by atoms with E-state index in [0.717, 1.165) is 17.0 Å². The van der Waals surface area contributed by atoms with Crippen molar-refractivity contribution in [1.29, 1.82) is 0 Å². The molecule has 1 aromatic heterocycles. The van der Waals surface area contributed by atoms with Gasteiger partial charge in [-0.2, -0.15) is 0 Å². The van der Waals surface area contributed by atoms with E-state index in [4.69, 9.17) is 17.0 Å². The van der Waals surface area contributed by atoms with Crippen LogP contribution in [0, 0.1) is 0 Å². The van der Waals surface area contributed by atoms with E-state index < -0.39 is 0 Å². The van der Waals surface area contributed by atoms with Crippen LogP contribution in [0.2, 0.25) is 0 Å². The number of carbonyl (C=O) groups is 2. The van der Waals surface area contributed by atoms with Gasteiger partial charge in [-0.3, -0.25) is 14.5 Å². The summed E-state index contributed by atoms with van der Waals surface area (Å²) in [5.74, 6) is 0.567. The van der Waals surface area contributed by atoms with E-state index in [9.17, 15) is 9.59 Å². The first-order chi connectivity index (χ1) is 14.1. The molecule has 0 atom stereocenters. The number of thioether (sulfide) groups is 1. The van der Waals surface area contributed by atoms with Gasteiger partial charge in [0.15, 0.2) is 0 Å². The molecule has 2 aromatic rings. The number of hydrogen-bond donors (Lipinski definition) is 2. The number of H-pyrrole nitrogens is 1. The highest BCUT2D eigenvalue weighted by Gasteiger charge is 2.31. The third kappa shape index (κ3) is 5.91. The minimum atomic E-state index is -0.123. The molecule has 0 unspecified atom stereocenters. The molecule has 1 fully saturated rings. The number of nitrogens with one attached hydrogen (secondary N) is 2. The molecule has 3 rings (SSSR count). The fourth-order valence-electron chi connectivity index (χ4n) is 2.82. The molecule has 1 aliphatic rings. The molecular weight excluding hydrogens is 408 g/mol. The Kier molecular flexibility index (Phi) is 7.42. The molecule has 0 spiro atoms. The highest BCUT2D eigenvalue weighted by Crippen LogP contribution is 2.33. The van der Waals surface area contributed by atoms with Gasteiger partial charge in [0.1, 0.15) is 10.1 Å². The summed E-state index contributed by atoms with van der Waals surface area (Å²) in [7, 11) is 1.60. The number of imidazole rings is 1. The summed E-state index contributed by atoms with van der Waals surface area (Å²) < 4.78 is 5.73. The van der Waals surface area contributed by atoms with Crippen molar-refractivity contribution in [3.05, 3.63) is 53.0 Å². The van der Waals surface area contributed by atoms with E-state index in [1.807, 2.05) is 30.3 Å². The van der Waals surface area contributed by atoms with Crippen LogP contribution in [0.5, 0.6) is 5.75 Å². The lowest BCUT2D eigenvalue weighted by molar-refractivity contribution is -0.123. The Hall–Kier alpha value is -2.65. The first kappa shape index (κ1) is 21.1. The highest BCUT2D eigenvalue weighted by atomic mass is 32.2. The predicted octanol–water partition coefficient (Wildman–Crippen LogP) is 2.76. The Morgan fingerprint density at radius 2 is 2.31 bits per heavy atom. The van der Waals surface area contributed by atoms with Crippen LogP contribution in [-0.2, 0) is 16.0 Å². The second-order valence-corrected chi connectivity index (χ2v) is 8.07. The number of methoxy groups -OCH3 is 1. The Balaban J connectivity index is 1.46. The van der Waals surface area contributed by atoms with Gasteiger partial charge in [0.25, 0.3) is 5.91 Å². The quantitative estimate of drug-likeness (QED) is 0.470. The molecule has 152 valence electrons. The van der Waals surface area contributed by atoms with Crippen LogP contribution in [0.3, 0.4) is 0 Å². The maximum atomic E-state index is 12.7. The Morgan fingerprint density at radius 3 is 3.07 bits per heavy atom. The van der Waals surface area contributed by atoms with Crippen LogP contribution in [0.25, 0.3) is 6.08 Å². The minimum absolute atomic E-state index is 0.0399. The lowest BCUT2D eigenvalue weighted by atomic mass is 10.2. The zero-order valence-electron chi connectivity index (χ0n) is 16.0. The van der Waals surface area contributed by atoms with Gasteiger partial charge in [-0.1, -0.05) is 36.1 Å². The zero-order chi connectivity index (χ0) is 20.6. The molecule has 1 aliphatic heterocycles. The number of benzene rings is 1. The number of carbonyl (C=O) groups excluding carboxylic acids is 2. The second kappa shape index (κ2) is 10.2. The minimum Gasteiger partial charge on any atom is -0.497 e. The third-order valence-corrected chi connectivity index (χ3v) is 5.70. The molecule has 0 bridgehead atoms. The fourth-order valence-corrected chi connectivity index (χ4v) is 4.13. The Labute approximate surface area is 178 Å². The zero-order valence-corrected chi connectivity index (χ0v) is 17.6. The second-order valence-electron chi connectivity index (χ2n) is 6.39. The lowest BCUT2D eigenvalue weighted by Gasteiger charge is -2.14. The SMILES string of the molecule is COc1cccc(C=C2SC(=S)N(CCCC(=O)NCCc3cnc[nH]3)C2=O)c1. The highest BCUT2D eigenvalue weighted by molar-refractivity contribution is 8.26. The van der Waals surface area contributed by atoms with E-state index in [0.29, 0.717) is 41.6 Å². The van der Waals surface area contributed by atoms with Crippen molar-refractivity contribution >= 4 is 46.2 Å². The summed E-state index contributed by atoms with van der Waals surface area (Å²) in [6, 6.07) is 7.49. The summed E-state index contributed by atoms with van der Waals surface area (Å²) in [5.41, 5.74) is 1.85. The van der Waals surface area contributed by atoms with Crippen LogP contribution in [0.4, 0.5) is 0 Å². The Bertz CT molecular complexity index is 912. The summed E-state index contributed by atoms with van der Waals surface area (Å²) >= 11 is 6.63. The van der Waals surface area contributed by atoms with Crippen molar-refractivity contribution in [1.82, 2.24) is 20.2 Å². The monoisotopic (exact) mass is 430 g/mol. The lowest BCUT2D eigenvalue weighted by Crippen LogP contribution is -2.31. The van der Waals surface area contributed by atoms with Gasteiger partial charge in [0.2, 0.25) is 5.91 Å². The molecule has 7 nitrogen and oxygen atoms in total. The van der Waals surface area contributed by atoms with Crippen LogP contribution in [0.15, 0.2) is 41.7 Å². The van der Waals surface area contributed by atoms with Crippen molar-refractivity contribution < 1.29 is 14.3 Å². The van der Waals surface area contributed by atoms with E-state index in [1.165, 1.54) is 11.8 Å². The maximum Gasteiger partial charge on any atom is 0.266 e. The van der Waals surface area contributed by atoms with Crippen LogP contribution >= 0.6 is 24.0 Å². The summed E-state index contributed by atoms with van der Waals surface area (Å²) in [6.07, 6.45) is 6.76. The first-order valence-corrected chi connectivity index (χ1v) is 10.4. The average molecular weight is 431 g/mol. The summed E-state index contributed by atoms with van der Waals surface area (Å²) in [6.45, 7) is 0.972.